The summed E-state index contributed by atoms with van der Waals surface area (Å²) in [4.78, 5) is 0. The average molecular weight is 247 g/mol. The first kappa shape index (κ1) is 11.8. The normalized spacial score (nSPS) is 26.3. The summed E-state index contributed by atoms with van der Waals surface area (Å²) in [6.07, 6.45) is 7.33. The first-order valence-electron chi connectivity index (χ1n) is 6.92. The van der Waals surface area contributed by atoms with E-state index in [1.807, 2.05) is 24.3 Å². The summed E-state index contributed by atoms with van der Waals surface area (Å²) in [6, 6.07) is 7.68. The van der Waals surface area contributed by atoms with Crippen molar-refractivity contribution < 1.29 is 9.47 Å². The van der Waals surface area contributed by atoms with Crippen molar-refractivity contribution in [3.05, 3.63) is 24.3 Å². The van der Waals surface area contributed by atoms with Gasteiger partial charge in [-0.15, -0.1) is 0 Å². The van der Waals surface area contributed by atoms with E-state index in [2.05, 4.69) is 0 Å². The number of anilines is 1. The number of nitrogen functional groups attached to an aromatic ring is 1. The van der Waals surface area contributed by atoms with Crippen molar-refractivity contribution in [3.63, 3.8) is 0 Å². The molecule has 3 nitrogen and oxygen atoms in total. The standard InChI is InChI=1S/C15H21NO2/c16-12-3-5-13(6-4-12)18-14-7-10-17-15(11-14)8-1-2-9-15/h3-6,14H,1-2,7-11,16H2. The molecule has 3 rings (SSSR count). The van der Waals surface area contributed by atoms with Crippen molar-refractivity contribution in [1.82, 2.24) is 0 Å². The molecule has 2 fully saturated rings. The van der Waals surface area contributed by atoms with Crippen LogP contribution in [0.25, 0.3) is 0 Å². The Hall–Kier alpha value is -1.22. The van der Waals surface area contributed by atoms with Crippen LogP contribution in [0, 0.1) is 0 Å². The van der Waals surface area contributed by atoms with E-state index in [4.69, 9.17) is 15.2 Å². The second kappa shape index (κ2) is 4.81. The lowest BCUT2D eigenvalue weighted by atomic mass is 9.90. The minimum atomic E-state index is 0.122. The molecule has 1 saturated carbocycles. The molecular weight excluding hydrogens is 226 g/mol. The Labute approximate surface area is 108 Å². The molecule has 1 aromatic carbocycles. The molecule has 1 aliphatic heterocycles. The fourth-order valence-electron chi connectivity index (χ4n) is 3.19. The molecule has 1 saturated heterocycles. The van der Waals surface area contributed by atoms with Gasteiger partial charge in [0.1, 0.15) is 11.9 Å². The lowest BCUT2D eigenvalue weighted by molar-refractivity contribution is -0.108. The molecular formula is C15H21NO2. The summed E-state index contributed by atoms with van der Waals surface area (Å²) in [5, 5.41) is 0. The first-order valence-corrected chi connectivity index (χ1v) is 6.92. The smallest absolute Gasteiger partial charge is 0.119 e. The highest BCUT2D eigenvalue weighted by Gasteiger charge is 2.40. The van der Waals surface area contributed by atoms with Crippen LogP contribution < -0.4 is 10.5 Å². The minimum absolute atomic E-state index is 0.122. The molecule has 2 aliphatic rings. The molecule has 1 spiro atoms. The van der Waals surface area contributed by atoms with Crippen molar-refractivity contribution in [2.75, 3.05) is 12.3 Å². The molecule has 98 valence electrons. The number of ether oxygens (including phenoxy) is 2. The van der Waals surface area contributed by atoms with E-state index < -0.39 is 0 Å². The van der Waals surface area contributed by atoms with Gasteiger partial charge in [-0.25, -0.2) is 0 Å². The zero-order valence-corrected chi connectivity index (χ0v) is 10.7. The largest absolute Gasteiger partial charge is 0.490 e. The van der Waals surface area contributed by atoms with Crippen LogP contribution in [0.4, 0.5) is 5.69 Å². The number of nitrogens with two attached hydrogens (primary N) is 1. The van der Waals surface area contributed by atoms with Crippen molar-refractivity contribution in [2.45, 2.75) is 50.2 Å². The fourth-order valence-corrected chi connectivity index (χ4v) is 3.19. The van der Waals surface area contributed by atoms with E-state index in [1.54, 1.807) is 0 Å². The third kappa shape index (κ3) is 2.46. The number of rotatable bonds is 2. The van der Waals surface area contributed by atoms with Crippen molar-refractivity contribution in [1.29, 1.82) is 0 Å². The van der Waals surface area contributed by atoms with Crippen LogP contribution in [0.15, 0.2) is 24.3 Å². The Morgan fingerprint density at radius 2 is 1.89 bits per heavy atom. The van der Waals surface area contributed by atoms with Crippen LogP contribution in [0.3, 0.4) is 0 Å². The molecule has 1 unspecified atom stereocenters. The van der Waals surface area contributed by atoms with E-state index in [9.17, 15) is 0 Å². The fraction of sp³-hybridized carbons (Fsp3) is 0.600. The highest BCUT2D eigenvalue weighted by atomic mass is 16.5. The molecule has 0 amide bonds. The molecule has 2 N–H and O–H groups in total. The second-order valence-electron chi connectivity index (χ2n) is 5.54. The van der Waals surface area contributed by atoms with Gasteiger partial charge in [-0.3, -0.25) is 0 Å². The van der Waals surface area contributed by atoms with Gasteiger partial charge in [0, 0.05) is 18.5 Å². The molecule has 1 aliphatic carbocycles. The SMILES string of the molecule is Nc1ccc(OC2CCOC3(CCCC3)C2)cc1. The third-order valence-corrected chi connectivity index (χ3v) is 4.15. The predicted molar refractivity (Wildman–Crippen MR) is 71.7 cm³/mol. The summed E-state index contributed by atoms with van der Waals surface area (Å²) in [5.74, 6) is 0.921. The number of hydrogen-bond donors (Lipinski definition) is 1. The summed E-state index contributed by atoms with van der Waals surface area (Å²) in [6.45, 7) is 0.833. The van der Waals surface area contributed by atoms with Gasteiger partial charge in [0.25, 0.3) is 0 Å². The Morgan fingerprint density at radius 3 is 2.61 bits per heavy atom. The summed E-state index contributed by atoms with van der Waals surface area (Å²) in [5.41, 5.74) is 6.58. The van der Waals surface area contributed by atoms with E-state index in [-0.39, 0.29) is 5.60 Å². The van der Waals surface area contributed by atoms with Gasteiger partial charge in [-0.05, 0) is 37.1 Å². The third-order valence-electron chi connectivity index (χ3n) is 4.15. The topological polar surface area (TPSA) is 44.5 Å². The van der Waals surface area contributed by atoms with Crippen LogP contribution in [0.2, 0.25) is 0 Å². The zero-order chi connectivity index (χ0) is 12.4. The van der Waals surface area contributed by atoms with Crippen LogP contribution in [-0.2, 0) is 4.74 Å². The van der Waals surface area contributed by atoms with Gasteiger partial charge >= 0.3 is 0 Å². The molecule has 18 heavy (non-hydrogen) atoms. The van der Waals surface area contributed by atoms with Gasteiger partial charge in [0.15, 0.2) is 0 Å². The summed E-state index contributed by atoms with van der Waals surface area (Å²) < 4.78 is 12.1. The molecule has 0 radical (unpaired) electrons. The average Bonchev–Trinajstić information content (AvgIpc) is 2.80. The van der Waals surface area contributed by atoms with Crippen molar-refractivity contribution in [3.8, 4) is 5.75 Å². The van der Waals surface area contributed by atoms with Crippen LogP contribution in [0.5, 0.6) is 5.75 Å². The van der Waals surface area contributed by atoms with Crippen LogP contribution in [-0.4, -0.2) is 18.3 Å². The minimum Gasteiger partial charge on any atom is -0.490 e. The van der Waals surface area contributed by atoms with Crippen molar-refractivity contribution >= 4 is 5.69 Å². The number of hydrogen-bond acceptors (Lipinski definition) is 3. The maximum Gasteiger partial charge on any atom is 0.119 e. The molecule has 1 aromatic rings. The second-order valence-corrected chi connectivity index (χ2v) is 5.54. The van der Waals surface area contributed by atoms with E-state index in [0.717, 1.165) is 30.9 Å². The Bertz CT molecular complexity index is 395. The predicted octanol–water partition coefficient (Wildman–Crippen LogP) is 3.14. The Morgan fingerprint density at radius 1 is 1.17 bits per heavy atom. The van der Waals surface area contributed by atoms with Crippen LogP contribution in [0.1, 0.15) is 38.5 Å². The van der Waals surface area contributed by atoms with Gasteiger partial charge < -0.3 is 15.2 Å². The first-order chi connectivity index (χ1) is 8.76. The monoisotopic (exact) mass is 247 g/mol. The van der Waals surface area contributed by atoms with Gasteiger partial charge in [0.05, 0.1) is 12.2 Å². The lowest BCUT2D eigenvalue weighted by Gasteiger charge is -2.38. The summed E-state index contributed by atoms with van der Waals surface area (Å²) >= 11 is 0. The van der Waals surface area contributed by atoms with E-state index in [1.165, 1.54) is 25.7 Å². The van der Waals surface area contributed by atoms with Crippen LogP contribution >= 0.6 is 0 Å². The molecule has 0 aromatic heterocycles. The van der Waals surface area contributed by atoms with Gasteiger partial charge in [0.2, 0.25) is 0 Å². The lowest BCUT2D eigenvalue weighted by Crippen LogP contribution is -2.41. The molecule has 3 heteroatoms. The maximum absolute atomic E-state index is 6.06. The van der Waals surface area contributed by atoms with Gasteiger partial charge in [-0.2, -0.15) is 0 Å². The van der Waals surface area contributed by atoms with Gasteiger partial charge in [-0.1, -0.05) is 12.8 Å². The molecule has 1 atom stereocenters. The Kier molecular flexibility index (Phi) is 3.16. The highest BCUT2D eigenvalue weighted by molar-refractivity contribution is 5.41. The molecule has 1 heterocycles. The van der Waals surface area contributed by atoms with E-state index in [0.29, 0.717) is 6.10 Å². The zero-order valence-electron chi connectivity index (χ0n) is 10.7. The Balaban J connectivity index is 1.64. The summed E-state index contributed by atoms with van der Waals surface area (Å²) in [7, 11) is 0. The number of benzene rings is 1. The highest BCUT2D eigenvalue weighted by Crippen LogP contribution is 2.40. The van der Waals surface area contributed by atoms with Crippen molar-refractivity contribution in [2.24, 2.45) is 0 Å². The van der Waals surface area contributed by atoms with E-state index >= 15 is 0 Å². The molecule has 0 bridgehead atoms. The maximum atomic E-state index is 6.06. The quantitative estimate of drug-likeness (QED) is 0.816.